The largest absolute Gasteiger partial charge is 0.481 e. The first kappa shape index (κ1) is 19.2. The molecule has 3 N–H and O–H groups in total. The predicted octanol–water partition coefficient (Wildman–Crippen LogP) is 2.81. The molecule has 2 aromatic heterocycles. The minimum atomic E-state index is -3.92. The second kappa shape index (κ2) is 6.43. The number of rotatable bonds is 3. The van der Waals surface area contributed by atoms with E-state index < -0.39 is 21.6 Å². The third kappa shape index (κ3) is 3.08. The van der Waals surface area contributed by atoms with Gasteiger partial charge in [-0.1, -0.05) is 12.1 Å². The minimum Gasteiger partial charge on any atom is -0.481 e. The van der Waals surface area contributed by atoms with Gasteiger partial charge in [-0.3, -0.25) is 4.98 Å². The topological polar surface area (TPSA) is 124 Å². The van der Waals surface area contributed by atoms with Crippen LogP contribution in [0.15, 0.2) is 47.6 Å². The van der Waals surface area contributed by atoms with Crippen LogP contribution in [-0.4, -0.2) is 31.5 Å². The first-order chi connectivity index (χ1) is 13.6. The Hall–Kier alpha value is -3.17. The highest BCUT2D eigenvalue weighted by molar-refractivity contribution is 7.89. The first-order valence-corrected chi connectivity index (χ1v) is 10.3. The second-order valence-corrected chi connectivity index (χ2v) is 8.74. The molecule has 0 saturated heterocycles. The maximum Gasteiger partial charge on any atom is 0.355 e. The Balaban J connectivity index is 2.08. The number of sulfonamides is 1. The molecule has 8 nitrogen and oxygen atoms in total. The number of hydrogen-bond donors (Lipinski definition) is 2. The molecule has 150 valence electrons. The van der Waals surface area contributed by atoms with Crippen molar-refractivity contribution in [2.75, 3.05) is 7.11 Å². The van der Waals surface area contributed by atoms with Crippen LogP contribution in [-0.2, 0) is 20.4 Å². The van der Waals surface area contributed by atoms with Crippen LogP contribution < -0.4 is 9.88 Å². The molecular weight excluding hydrogens is 394 g/mol. The Labute approximate surface area is 167 Å². The van der Waals surface area contributed by atoms with Gasteiger partial charge in [0, 0.05) is 22.9 Å². The Morgan fingerprint density at radius 2 is 2.03 bits per heavy atom. The number of carbonyl (C=O) groups excluding carboxylic acids is 1. The summed E-state index contributed by atoms with van der Waals surface area (Å²) >= 11 is 0. The van der Waals surface area contributed by atoms with Gasteiger partial charge in [-0.05, 0) is 37.6 Å². The van der Waals surface area contributed by atoms with Crippen molar-refractivity contribution in [3.63, 3.8) is 0 Å². The van der Waals surface area contributed by atoms with Crippen LogP contribution in [0.2, 0.25) is 0 Å². The number of hydrogen-bond acceptors (Lipinski definition) is 6. The molecule has 1 aliphatic rings. The van der Waals surface area contributed by atoms with E-state index in [-0.39, 0.29) is 10.6 Å². The summed E-state index contributed by atoms with van der Waals surface area (Å²) in [4.78, 5) is 19.8. The molecule has 29 heavy (non-hydrogen) atoms. The van der Waals surface area contributed by atoms with Gasteiger partial charge in [0.2, 0.25) is 10.0 Å². The molecular formula is C20H19N3O5S. The molecule has 0 unspecified atom stereocenters. The van der Waals surface area contributed by atoms with Crippen molar-refractivity contribution in [1.82, 2.24) is 9.97 Å². The van der Waals surface area contributed by atoms with Crippen molar-refractivity contribution in [1.29, 1.82) is 0 Å². The van der Waals surface area contributed by atoms with E-state index in [9.17, 15) is 13.2 Å². The number of carbonyl (C=O) groups is 1. The number of nitrogens with two attached hydrogens (primary N) is 1. The number of aromatic nitrogens is 2. The van der Waals surface area contributed by atoms with E-state index in [0.717, 1.165) is 5.56 Å². The number of pyridine rings is 1. The van der Waals surface area contributed by atoms with Crippen molar-refractivity contribution in [3.8, 4) is 28.1 Å². The first-order valence-electron chi connectivity index (χ1n) is 8.75. The fourth-order valence-electron chi connectivity index (χ4n) is 3.67. The highest BCUT2D eigenvalue weighted by Crippen LogP contribution is 2.49. The second-order valence-electron chi connectivity index (χ2n) is 7.17. The summed E-state index contributed by atoms with van der Waals surface area (Å²) in [5, 5.41) is 5.30. The molecule has 0 fully saturated rings. The molecule has 0 bridgehead atoms. The number of fused-ring (bicyclic) bond motifs is 3. The highest BCUT2D eigenvalue weighted by Gasteiger charge is 2.40. The van der Waals surface area contributed by atoms with Gasteiger partial charge < -0.3 is 14.5 Å². The van der Waals surface area contributed by atoms with Crippen molar-refractivity contribution >= 4 is 16.0 Å². The van der Waals surface area contributed by atoms with E-state index in [4.69, 9.17) is 14.6 Å². The van der Waals surface area contributed by atoms with Gasteiger partial charge in [0.15, 0.2) is 0 Å². The van der Waals surface area contributed by atoms with Crippen molar-refractivity contribution in [2.45, 2.75) is 24.3 Å². The molecule has 4 rings (SSSR count). The van der Waals surface area contributed by atoms with Gasteiger partial charge >= 0.3 is 5.97 Å². The number of benzene rings is 1. The zero-order chi connectivity index (χ0) is 21.0. The van der Waals surface area contributed by atoms with E-state index in [1.807, 2.05) is 13.8 Å². The number of aromatic amines is 1. The maximum absolute atomic E-state index is 12.6. The van der Waals surface area contributed by atoms with Crippen LogP contribution >= 0.6 is 0 Å². The average Bonchev–Trinajstić information content (AvgIpc) is 3.08. The minimum absolute atomic E-state index is 0.0556. The number of ether oxygens (including phenoxy) is 2. The molecule has 9 heteroatoms. The molecule has 0 amide bonds. The lowest BCUT2D eigenvalue weighted by molar-refractivity contribution is 0.0595. The average molecular weight is 413 g/mol. The Bertz CT molecular complexity index is 1240. The normalized spacial score (nSPS) is 14.5. The summed E-state index contributed by atoms with van der Waals surface area (Å²) < 4.78 is 34.8. The van der Waals surface area contributed by atoms with E-state index in [0.29, 0.717) is 28.1 Å². The van der Waals surface area contributed by atoms with Gasteiger partial charge in [0.1, 0.15) is 17.0 Å². The van der Waals surface area contributed by atoms with Crippen molar-refractivity contribution < 1.29 is 22.7 Å². The number of primary sulfonamides is 1. The number of nitrogens with zero attached hydrogens (tertiary/aromatic N) is 1. The molecule has 0 saturated carbocycles. The Kier molecular flexibility index (Phi) is 4.25. The number of H-pyrrole nitrogens is 1. The van der Waals surface area contributed by atoms with Crippen molar-refractivity contribution in [3.05, 3.63) is 54.0 Å². The van der Waals surface area contributed by atoms with Gasteiger partial charge in [-0.15, -0.1) is 0 Å². The summed E-state index contributed by atoms with van der Waals surface area (Å²) in [5.41, 5.74) is 2.52. The number of nitrogens with one attached hydrogen (secondary N) is 1. The maximum atomic E-state index is 12.6. The highest BCUT2D eigenvalue weighted by atomic mass is 32.2. The number of methoxy groups -OCH3 is 1. The fourth-order valence-corrected chi connectivity index (χ4v) is 4.23. The van der Waals surface area contributed by atoms with Gasteiger partial charge in [0.25, 0.3) is 0 Å². The van der Waals surface area contributed by atoms with Crippen LogP contribution in [0.1, 0.15) is 29.9 Å². The van der Waals surface area contributed by atoms with Gasteiger partial charge in [0.05, 0.1) is 23.9 Å². The molecule has 3 heterocycles. The molecule has 3 aromatic rings. The third-order valence-corrected chi connectivity index (χ3v) is 5.77. The van der Waals surface area contributed by atoms with Crippen LogP contribution in [0.4, 0.5) is 0 Å². The third-order valence-electron chi connectivity index (χ3n) is 4.86. The van der Waals surface area contributed by atoms with E-state index in [1.54, 1.807) is 30.6 Å². The summed E-state index contributed by atoms with van der Waals surface area (Å²) in [6.07, 6.45) is 3.24. The summed E-state index contributed by atoms with van der Waals surface area (Å²) in [7, 11) is -2.64. The van der Waals surface area contributed by atoms with Crippen LogP contribution in [0.5, 0.6) is 5.75 Å². The van der Waals surface area contributed by atoms with E-state index in [1.165, 1.54) is 19.2 Å². The fraction of sp³-hybridized carbons (Fsp3) is 0.200. The van der Waals surface area contributed by atoms with E-state index >= 15 is 0 Å². The Morgan fingerprint density at radius 1 is 1.28 bits per heavy atom. The molecule has 0 spiro atoms. The van der Waals surface area contributed by atoms with E-state index in [2.05, 4.69) is 9.97 Å². The molecule has 0 atom stereocenters. The lowest BCUT2D eigenvalue weighted by Crippen LogP contribution is -2.29. The smallest absolute Gasteiger partial charge is 0.355 e. The zero-order valence-electron chi connectivity index (χ0n) is 16.0. The molecule has 0 radical (unpaired) electrons. The quantitative estimate of drug-likeness (QED) is 0.636. The molecule has 0 aliphatic carbocycles. The predicted molar refractivity (Wildman–Crippen MR) is 106 cm³/mol. The Morgan fingerprint density at radius 3 is 2.72 bits per heavy atom. The standard InChI is InChI=1S/C20H19N3O5S/c1-20(2)16-15(11-5-4-6-12(9-11)29(21,25)26)18(19(24)27-3)23-17(16)13-7-8-22-10-14(13)28-20/h4-10,23H,1-3H3,(H2,21,25,26). The van der Waals surface area contributed by atoms with Gasteiger partial charge in [-0.25, -0.2) is 18.4 Å². The molecule has 1 aromatic carbocycles. The van der Waals surface area contributed by atoms with Crippen LogP contribution in [0, 0.1) is 0 Å². The van der Waals surface area contributed by atoms with Crippen LogP contribution in [0.25, 0.3) is 22.4 Å². The van der Waals surface area contributed by atoms with Crippen LogP contribution in [0.3, 0.4) is 0 Å². The number of esters is 1. The summed E-state index contributed by atoms with van der Waals surface area (Å²) in [6, 6.07) is 7.90. The summed E-state index contributed by atoms with van der Waals surface area (Å²) in [6.45, 7) is 3.73. The lowest BCUT2D eigenvalue weighted by Gasteiger charge is -2.33. The van der Waals surface area contributed by atoms with Crippen molar-refractivity contribution in [2.24, 2.45) is 5.14 Å². The molecule has 1 aliphatic heterocycles. The zero-order valence-corrected chi connectivity index (χ0v) is 16.8. The lowest BCUT2D eigenvalue weighted by atomic mass is 9.86. The monoisotopic (exact) mass is 413 g/mol. The summed E-state index contributed by atoms with van der Waals surface area (Å²) in [5.74, 6) is -0.00526. The van der Waals surface area contributed by atoms with Gasteiger partial charge in [-0.2, -0.15) is 0 Å². The SMILES string of the molecule is COC(=O)c1[nH]c2c(c1-c1cccc(S(N)(=O)=O)c1)C(C)(C)Oc1cnccc1-2.